The first-order chi connectivity index (χ1) is 14.1. The van der Waals surface area contributed by atoms with Gasteiger partial charge in [0.05, 0.1) is 11.5 Å². The van der Waals surface area contributed by atoms with Crippen LogP contribution in [0.15, 0.2) is 49.0 Å². The Balaban J connectivity index is 1.89. The van der Waals surface area contributed by atoms with E-state index in [2.05, 4.69) is 17.2 Å². The van der Waals surface area contributed by atoms with Gasteiger partial charge in [0.15, 0.2) is 0 Å². The van der Waals surface area contributed by atoms with Crippen molar-refractivity contribution in [1.29, 1.82) is 0 Å². The third kappa shape index (κ3) is 4.48. The molecule has 1 amide bonds. The Hall–Kier alpha value is -2.87. The average Bonchev–Trinajstić information content (AvgIpc) is 2.67. The molecule has 3 atom stereocenters. The summed E-state index contributed by atoms with van der Waals surface area (Å²) >= 11 is 0. The van der Waals surface area contributed by atoms with Crippen LogP contribution in [-0.2, 0) is 11.0 Å². The number of nitrogens with one attached hydrogen (secondary N) is 2. The van der Waals surface area contributed by atoms with E-state index < -0.39 is 41.5 Å². The molecule has 1 aliphatic rings. The second-order valence-corrected chi connectivity index (χ2v) is 7.36. The number of allylic oxidation sites excluding steroid dienone is 1. The molecule has 0 aliphatic carbocycles. The van der Waals surface area contributed by atoms with E-state index in [0.717, 1.165) is 12.1 Å². The van der Waals surface area contributed by atoms with Crippen LogP contribution in [0.5, 0.6) is 0 Å². The summed E-state index contributed by atoms with van der Waals surface area (Å²) in [5, 5.41) is 16.3. The highest BCUT2D eigenvalue weighted by molar-refractivity contribution is 5.82. The van der Waals surface area contributed by atoms with Crippen LogP contribution in [0.1, 0.15) is 36.0 Å². The van der Waals surface area contributed by atoms with Crippen LogP contribution < -0.4 is 10.6 Å². The second kappa shape index (κ2) is 8.47. The zero-order chi connectivity index (χ0) is 22.1. The molecule has 8 heteroatoms. The molecule has 2 aromatic carbocycles. The maximum atomic E-state index is 14.2. The molecule has 1 fully saturated rings. The number of carbonyl (C=O) groups is 1. The molecule has 30 heavy (non-hydrogen) atoms. The molecule has 1 saturated heterocycles. The Kier molecular flexibility index (Phi) is 6.17. The predicted octanol–water partition coefficient (Wildman–Crippen LogP) is 4.53. The second-order valence-electron chi connectivity index (χ2n) is 7.36. The van der Waals surface area contributed by atoms with E-state index in [1.807, 2.05) is 0 Å². The van der Waals surface area contributed by atoms with Gasteiger partial charge in [0.25, 0.3) is 0 Å². The fourth-order valence-corrected chi connectivity index (χ4v) is 3.82. The van der Waals surface area contributed by atoms with E-state index in [0.29, 0.717) is 24.1 Å². The van der Waals surface area contributed by atoms with Crippen LogP contribution in [0.4, 0.5) is 23.2 Å². The van der Waals surface area contributed by atoms with Gasteiger partial charge in [-0.2, -0.15) is 13.2 Å². The van der Waals surface area contributed by atoms with Crippen molar-refractivity contribution in [3.05, 3.63) is 71.6 Å². The summed E-state index contributed by atoms with van der Waals surface area (Å²) < 4.78 is 52.8. The number of hydrogen-bond donors (Lipinski definition) is 3. The highest BCUT2D eigenvalue weighted by atomic mass is 19.4. The lowest BCUT2D eigenvalue weighted by atomic mass is 9.79. The van der Waals surface area contributed by atoms with E-state index in [-0.39, 0.29) is 11.3 Å². The third-order valence-electron chi connectivity index (χ3n) is 5.24. The summed E-state index contributed by atoms with van der Waals surface area (Å²) in [6.45, 7) is 5.70. The predicted molar refractivity (Wildman–Crippen MR) is 106 cm³/mol. The first kappa shape index (κ1) is 21.8. The van der Waals surface area contributed by atoms with Gasteiger partial charge in [-0.3, -0.25) is 4.79 Å². The van der Waals surface area contributed by atoms with Crippen LogP contribution in [0, 0.1) is 11.7 Å². The number of piperidine rings is 1. The molecule has 1 aliphatic heterocycles. The summed E-state index contributed by atoms with van der Waals surface area (Å²) in [6.07, 6.45) is -5.41. The Labute approximate surface area is 171 Å². The normalized spacial score (nSPS) is 20.4. The molecule has 4 nitrogen and oxygen atoms in total. The molecule has 0 saturated carbocycles. The van der Waals surface area contributed by atoms with Crippen LogP contribution >= 0.6 is 0 Å². The van der Waals surface area contributed by atoms with Crippen LogP contribution in [-0.4, -0.2) is 23.8 Å². The lowest BCUT2D eigenvalue weighted by molar-refractivity contribution is -0.137. The zero-order valence-electron chi connectivity index (χ0n) is 16.3. The zero-order valence-corrected chi connectivity index (χ0v) is 16.3. The first-order valence-electron chi connectivity index (χ1n) is 9.43. The summed E-state index contributed by atoms with van der Waals surface area (Å²) in [5.74, 6) is -2.44. The van der Waals surface area contributed by atoms with Crippen LogP contribution in [0.2, 0.25) is 0 Å². The Morgan fingerprint density at radius 2 is 1.90 bits per heavy atom. The molecular weight excluding hydrogens is 400 g/mol. The lowest BCUT2D eigenvalue weighted by Gasteiger charge is -2.35. The van der Waals surface area contributed by atoms with Gasteiger partial charge in [0.1, 0.15) is 12.0 Å². The van der Waals surface area contributed by atoms with E-state index in [4.69, 9.17) is 0 Å². The Bertz CT molecular complexity index is 941. The van der Waals surface area contributed by atoms with E-state index in [1.54, 1.807) is 13.0 Å². The maximum absolute atomic E-state index is 14.2. The van der Waals surface area contributed by atoms with Gasteiger partial charge >= 0.3 is 6.18 Å². The van der Waals surface area contributed by atoms with Gasteiger partial charge in [-0.25, -0.2) is 4.39 Å². The van der Waals surface area contributed by atoms with Crippen molar-refractivity contribution in [3.8, 4) is 0 Å². The van der Waals surface area contributed by atoms with Gasteiger partial charge in [-0.1, -0.05) is 24.8 Å². The Morgan fingerprint density at radius 1 is 1.23 bits per heavy atom. The van der Waals surface area contributed by atoms with E-state index in [9.17, 15) is 27.5 Å². The Morgan fingerprint density at radius 3 is 2.50 bits per heavy atom. The third-order valence-corrected chi connectivity index (χ3v) is 5.24. The van der Waals surface area contributed by atoms with Gasteiger partial charge in [0, 0.05) is 23.7 Å². The monoisotopic (exact) mass is 422 g/mol. The number of halogens is 4. The van der Waals surface area contributed by atoms with Crippen LogP contribution in [0.25, 0.3) is 5.57 Å². The number of carbonyl (C=O) groups excluding carboxylic acids is 1. The van der Waals surface area contributed by atoms with Crippen LogP contribution in [0.3, 0.4) is 0 Å². The van der Waals surface area contributed by atoms with Crippen molar-refractivity contribution in [3.63, 3.8) is 0 Å². The minimum atomic E-state index is -4.46. The molecule has 1 unspecified atom stereocenters. The summed E-state index contributed by atoms with van der Waals surface area (Å²) in [4.78, 5) is 12.5. The highest BCUT2D eigenvalue weighted by Crippen LogP contribution is 2.36. The van der Waals surface area contributed by atoms with Crippen molar-refractivity contribution in [2.45, 2.75) is 31.7 Å². The van der Waals surface area contributed by atoms with Crippen molar-refractivity contribution >= 4 is 17.2 Å². The van der Waals surface area contributed by atoms with Crippen molar-refractivity contribution in [2.24, 2.45) is 5.92 Å². The largest absolute Gasteiger partial charge is 0.416 e. The minimum absolute atomic E-state index is 0.193. The van der Waals surface area contributed by atoms with E-state index in [1.165, 1.54) is 24.3 Å². The number of amides is 1. The number of aliphatic hydroxyl groups is 1. The smallest absolute Gasteiger partial charge is 0.373 e. The number of aliphatic hydroxyl groups excluding tert-OH is 1. The standard InChI is InChI=1S/C22H22F4N2O2/c1-12(2)18-16(23)4-3-5-17(18)28-21(30)19-15(10-11-27-20(19)29)13-6-8-14(9-7-13)22(24,25)26/h3-9,15,19,21,28,30H,1,10-11H2,2H3,(H,27,29)/t15-,19-,21?/m1/s1. The molecule has 3 N–H and O–H groups in total. The number of alkyl halides is 3. The van der Waals surface area contributed by atoms with Gasteiger partial charge in [0.2, 0.25) is 5.91 Å². The summed E-state index contributed by atoms with van der Waals surface area (Å²) in [5.41, 5.74) is 0.643. The average molecular weight is 422 g/mol. The van der Waals surface area contributed by atoms with Crippen molar-refractivity contribution < 1.29 is 27.5 Å². The fraction of sp³-hybridized carbons (Fsp3) is 0.318. The molecule has 0 spiro atoms. The molecule has 160 valence electrons. The topological polar surface area (TPSA) is 61.4 Å². The van der Waals surface area contributed by atoms with Gasteiger partial charge in [-0.05, 0) is 48.7 Å². The highest BCUT2D eigenvalue weighted by Gasteiger charge is 2.39. The minimum Gasteiger partial charge on any atom is -0.373 e. The number of anilines is 1. The van der Waals surface area contributed by atoms with Crippen molar-refractivity contribution in [1.82, 2.24) is 5.32 Å². The molecular formula is C22H22F4N2O2. The fourth-order valence-electron chi connectivity index (χ4n) is 3.82. The summed E-state index contributed by atoms with van der Waals surface area (Å²) in [7, 11) is 0. The molecule has 3 rings (SSSR count). The molecule has 0 aromatic heterocycles. The SMILES string of the molecule is C=C(C)c1c(F)cccc1NC(O)[C@H]1C(=O)NCC[C@@H]1c1ccc(C(F)(F)F)cc1. The molecule has 2 aromatic rings. The lowest BCUT2D eigenvalue weighted by Crippen LogP contribution is -2.49. The molecule has 0 radical (unpaired) electrons. The van der Waals surface area contributed by atoms with E-state index >= 15 is 0 Å². The number of benzene rings is 2. The quantitative estimate of drug-likeness (QED) is 0.490. The molecule has 1 heterocycles. The molecule has 0 bridgehead atoms. The first-order valence-corrected chi connectivity index (χ1v) is 9.43. The maximum Gasteiger partial charge on any atom is 0.416 e. The number of rotatable bonds is 5. The van der Waals surface area contributed by atoms with Crippen molar-refractivity contribution in [2.75, 3.05) is 11.9 Å². The number of hydrogen-bond acceptors (Lipinski definition) is 3. The van der Waals surface area contributed by atoms with Gasteiger partial charge < -0.3 is 15.7 Å². The summed E-state index contributed by atoms with van der Waals surface area (Å²) in [6, 6.07) is 8.87. The van der Waals surface area contributed by atoms with Gasteiger partial charge in [-0.15, -0.1) is 0 Å².